The number of benzene rings is 2. The Morgan fingerprint density at radius 2 is 1.61 bits per heavy atom. The van der Waals surface area contributed by atoms with Crippen molar-refractivity contribution in [2.75, 3.05) is 6.61 Å². The molecule has 0 spiro atoms. The smallest absolute Gasteiger partial charge is 0.141 e. The standard InChI is InChI=1S/C14H11Br3O/c1-2-18-14-12(7-11(16)8-13(14)17)9-3-5-10(15)6-4-9/h3-8H,2H2,1H3. The molecular weight excluding hydrogens is 424 g/mol. The molecule has 0 aliphatic rings. The molecule has 0 aliphatic heterocycles. The minimum Gasteiger partial charge on any atom is -0.492 e. The van der Waals surface area contributed by atoms with Crippen LogP contribution in [0.2, 0.25) is 0 Å². The summed E-state index contributed by atoms with van der Waals surface area (Å²) in [7, 11) is 0. The monoisotopic (exact) mass is 432 g/mol. The maximum atomic E-state index is 5.73. The van der Waals surface area contributed by atoms with Crippen molar-refractivity contribution < 1.29 is 4.74 Å². The van der Waals surface area contributed by atoms with E-state index in [2.05, 4.69) is 66.0 Å². The largest absolute Gasteiger partial charge is 0.492 e. The Hall–Kier alpha value is -0.320. The van der Waals surface area contributed by atoms with Crippen molar-refractivity contribution in [3.8, 4) is 16.9 Å². The normalized spacial score (nSPS) is 10.4. The van der Waals surface area contributed by atoms with Crippen LogP contribution in [0.25, 0.3) is 11.1 Å². The molecule has 18 heavy (non-hydrogen) atoms. The van der Waals surface area contributed by atoms with Crippen molar-refractivity contribution in [2.45, 2.75) is 6.92 Å². The molecule has 2 rings (SSSR count). The molecule has 0 fully saturated rings. The van der Waals surface area contributed by atoms with E-state index < -0.39 is 0 Å². The Labute approximate surface area is 132 Å². The van der Waals surface area contributed by atoms with Gasteiger partial charge in [-0.1, -0.05) is 44.0 Å². The number of hydrogen-bond donors (Lipinski definition) is 0. The van der Waals surface area contributed by atoms with Gasteiger partial charge in [0, 0.05) is 14.5 Å². The summed E-state index contributed by atoms with van der Waals surface area (Å²) in [6.45, 7) is 2.63. The van der Waals surface area contributed by atoms with Gasteiger partial charge in [0.05, 0.1) is 11.1 Å². The Morgan fingerprint density at radius 1 is 0.944 bits per heavy atom. The number of ether oxygens (including phenoxy) is 1. The summed E-state index contributed by atoms with van der Waals surface area (Å²) < 4.78 is 8.77. The molecule has 2 aromatic carbocycles. The lowest BCUT2D eigenvalue weighted by Gasteiger charge is -2.13. The van der Waals surface area contributed by atoms with E-state index in [1.165, 1.54) is 0 Å². The lowest BCUT2D eigenvalue weighted by Crippen LogP contribution is -1.95. The molecule has 0 aromatic heterocycles. The lowest BCUT2D eigenvalue weighted by molar-refractivity contribution is 0.339. The van der Waals surface area contributed by atoms with Crippen molar-refractivity contribution in [1.82, 2.24) is 0 Å². The Balaban J connectivity index is 2.57. The van der Waals surface area contributed by atoms with Gasteiger partial charge in [0.2, 0.25) is 0 Å². The third-order valence-electron chi connectivity index (χ3n) is 2.45. The topological polar surface area (TPSA) is 9.23 Å². The zero-order chi connectivity index (χ0) is 13.1. The molecule has 0 unspecified atom stereocenters. The van der Waals surface area contributed by atoms with E-state index >= 15 is 0 Å². The minimum atomic E-state index is 0.643. The molecule has 0 radical (unpaired) electrons. The molecule has 0 bridgehead atoms. The molecular formula is C14H11Br3O. The molecule has 1 nitrogen and oxygen atoms in total. The Morgan fingerprint density at radius 3 is 2.22 bits per heavy atom. The summed E-state index contributed by atoms with van der Waals surface area (Å²) in [5.74, 6) is 0.878. The van der Waals surface area contributed by atoms with Crippen LogP contribution in [0.4, 0.5) is 0 Å². The fourth-order valence-corrected chi connectivity index (χ4v) is 3.30. The van der Waals surface area contributed by atoms with Crippen molar-refractivity contribution in [3.63, 3.8) is 0 Å². The second kappa shape index (κ2) is 6.22. The van der Waals surface area contributed by atoms with Crippen molar-refractivity contribution in [1.29, 1.82) is 0 Å². The average Bonchev–Trinajstić information content (AvgIpc) is 2.33. The van der Waals surface area contributed by atoms with Crippen LogP contribution in [-0.2, 0) is 0 Å². The second-order valence-electron chi connectivity index (χ2n) is 3.70. The highest BCUT2D eigenvalue weighted by Gasteiger charge is 2.11. The van der Waals surface area contributed by atoms with Gasteiger partial charge in [-0.3, -0.25) is 0 Å². The van der Waals surface area contributed by atoms with Crippen LogP contribution < -0.4 is 4.74 Å². The van der Waals surface area contributed by atoms with Gasteiger partial charge >= 0.3 is 0 Å². The van der Waals surface area contributed by atoms with Crippen molar-refractivity contribution in [3.05, 3.63) is 49.8 Å². The summed E-state index contributed by atoms with van der Waals surface area (Å²) in [5.41, 5.74) is 2.20. The van der Waals surface area contributed by atoms with Crippen LogP contribution in [0.1, 0.15) is 6.92 Å². The van der Waals surface area contributed by atoms with Crippen LogP contribution in [-0.4, -0.2) is 6.61 Å². The number of hydrogen-bond acceptors (Lipinski definition) is 1. The lowest BCUT2D eigenvalue weighted by atomic mass is 10.0. The third kappa shape index (κ3) is 3.16. The van der Waals surface area contributed by atoms with E-state index in [1.54, 1.807) is 0 Å². The van der Waals surface area contributed by atoms with Gasteiger partial charge in [-0.05, 0) is 52.7 Å². The Kier molecular flexibility index (Phi) is 4.87. The quantitative estimate of drug-likeness (QED) is 0.572. The second-order valence-corrected chi connectivity index (χ2v) is 6.39. The first-order valence-corrected chi connectivity index (χ1v) is 7.87. The van der Waals surface area contributed by atoms with Crippen LogP contribution in [0.5, 0.6) is 5.75 Å². The summed E-state index contributed by atoms with van der Waals surface area (Å²) >= 11 is 10.5. The SMILES string of the molecule is CCOc1c(Br)cc(Br)cc1-c1ccc(Br)cc1. The van der Waals surface area contributed by atoms with E-state index in [4.69, 9.17) is 4.74 Å². The third-order valence-corrected chi connectivity index (χ3v) is 4.03. The summed E-state index contributed by atoms with van der Waals surface area (Å²) in [6.07, 6.45) is 0. The van der Waals surface area contributed by atoms with E-state index in [1.807, 2.05) is 25.1 Å². The van der Waals surface area contributed by atoms with Crippen molar-refractivity contribution >= 4 is 47.8 Å². The summed E-state index contributed by atoms with van der Waals surface area (Å²) in [6, 6.07) is 12.3. The van der Waals surface area contributed by atoms with Crippen LogP contribution in [0, 0.1) is 0 Å². The number of halogens is 3. The van der Waals surface area contributed by atoms with Gasteiger partial charge in [-0.2, -0.15) is 0 Å². The van der Waals surface area contributed by atoms with Crippen LogP contribution in [0.15, 0.2) is 49.8 Å². The van der Waals surface area contributed by atoms with E-state index in [0.717, 1.165) is 30.3 Å². The molecule has 4 heteroatoms. The highest BCUT2D eigenvalue weighted by atomic mass is 79.9. The number of rotatable bonds is 3. The zero-order valence-electron chi connectivity index (χ0n) is 9.71. The maximum absolute atomic E-state index is 5.73. The van der Waals surface area contributed by atoms with Gasteiger partial charge in [0.15, 0.2) is 0 Å². The summed E-state index contributed by atoms with van der Waals surface area (Å²) in [5, 5.41) is 0. The molecule has 94 valence electrons. The predicted octanol–water partition coefficient (Wildman–Crippen LogP) is 6.04. The zero-order valence-corrected chi connectivity index (χ0v) is 14.5. The van der Waals surface area contributed by atoms with Crippen molar-refractivity contribution in [2.24, 2.45) is 0 Å². The molecule has 0 amide bonds. The maximum Gasteiger partial charge on any atom is 0.141 e. The predicted molar refractivity (Wildman–Crippen MR) is 86.1 cm³/mol. The molecule has 0 atom stereocenters. The van der Waals surface area contributed by atoms with Crippen LogP contribution >= 0.6 is 47.8 Å². The molecule has 0 N–H and O–H groups in total. The van der Waals surface area contributed by atoms with Gasteiger partial charge in [-0.15, -0.1) is 0 Å². The highest BCUT2D eigenvalue weighted by Crippen LogP contribution is 2.39. The fraction of sp³-hybridized carbons (Fsp3) is 0.143. The molecule has 0 aliphatic carbocycles. The van der Waals surface area contributed by atoms with Crippen LogP contribution in [0.3, 0.4) is 0 Å². The summed E-state index contributed by atoms with van der Waals surface area (Å²) in [4.78, 5) is 0. The highest BCUT2D eigenvalue weighted by molar-refractivity contribution is 9.11. The molecule has 0 saturated heterocycles. The van der Waals surface area contributed by atoms with E-state index in [0.29, 0.717) is 6.61 Å². The van der Waals surface area contributed by atoms with Gasteiger partial charge in [0.1, 0.15) is 5.75 Å². The molecule has 0 saturated carbocycles. The van der Waals surface area contributed by atoms with Gasteiger partial charge in [0.25, 0.3) is 0 Å². The molecule has 0 heterocycles. The fourth-order valence-electron chi connectivity index (χ4n) is 1.70. The van der Waals surface area contributed by atoms with Gasteiger partial charge in [-0.25, -0.2) is 0 Å². The Bertz CT molecular complexity index is 550. The van der Waals surface area contributed by atoms with E-state index in [9.17, 15) is 0 Å². The first kappa shape index (κ1) is 14.1. The van der Waals surface area contributed by atoms with E-state index in [-0.39, 0.29) is 0 Å². The first-order valence-electron chi connectivity index (χ1n) is 5.49. The molecule has 2 aromatic rings. The average molecular weight is 435 g/mol. The minimum absolute atomic E-state index is 0.643. The van der Waals surface area contributed by atoms with Gasteiger partial charge < -0.3 is 4.74 Å². The first-order chi connectivity index (χ1) is 8.61.